The van der Waals surface area contributed by atoms with Gasteiger partial charge in [0.1, 0.15) is 23.2 Å². The molecular weight excluding hydrogens is 579 g/mol. The minimum atomic E-state index is -0.419. The summed E-state index contributed by atoms with van der Waals surface area (Å²) >= 11 is 0. The number of anilines is 1. The van der Waals surface area contributed by atoms with Crippen molar-refractivity contribution >= 4 is 17.5 Å². The van der Waals surface area contributed by atoms with E-state index in [0.717, 1.165) is 70.0 Å². The Labute approximate surface area is 272 Å². The highest BCUT2D eigenvalue weighted by molar-refractivity contribution is 5.95. The average molecular weight is 629 g/mol. The number of amides is 1. The van der Waals surface area contributed by atoms with E-state index in [2.05, 4.69) is 35.2 Å². The molecule has 0 unspecified atom stereocenters. The van der Waals surface area contributed by atoms with Crippen LogP contribution in [0.5, 0.6) is 5.75 Å². The number of Topliss-reactive ketones (excluding diaryl/α,β-unsaturated/α-hetero) is 1. The summed E-state index contributed by atoms with van der Waals surface area (Å²) in [5.74, 6) is 1.57. The van der Waals surface area contributed by atoms with Gasteiger partial charge in [-0.25, -0.2) is 9.37 Å². The second-order valence-electron chi connectivity index (χ2n) is 14.8. The molecule has 4 saturated carbocycles. The molecule has 0 atom stereocenters. The standard InChI is InChI=1S/C38H49FN4O3/c1-25(2)43-23-30(21-41-43)32-20-35(40-22-33(32)39)42(36(45)29-8-6-28(7-9-29)19-27(4)44)24-37-12-15-38(16-13-37,17-14-37)31-10-11-34(46-5)26(3)18-31/h10-11,18,20-23,25,28-29H,6-9,12-17,19,24H2,1-5H3. The van der Waals surface area contributed by atoms with Gasteiger partial charge < -0.3 is 9.53 Å². The minimum Gasteiger partial charge on any atom is -0.496 e. The zero-order valence-electron chi connectivity index (χ0n) is 28.2. The Bertz CT molecular complexity index is 1560. The van der Waals surface area contributed by atoms with Crippen LogP contribution in [-0.2, 0) is 15.0 Å². The molecule has 8 heteroatoms. The molecule has 0 N–H and O–H groups in total. The third kappa shape index (κ3) is 6.37. The van der Waals surface area contributed by atoms with Crippen LogP contribution in [0.1, 0.15) is 109 Å². The van der Waals surface area contributed by atoms with Crippen molar-refractivity contribution in [1.29, 1.82) is 0 Å². The molecule has 0 saturated heterocycles. The topological polar surface area (TPSA) is 77.3 Å². The third-order valence-electron chi connectivity index (χ3n) is 11.5. The number of rotatable bonds is 10. The molecule has 246 valence electrons. The van der Waals surface area contributed by atoms with Gasteiger partial charge >= 0.3 is 0 Å². The summed E-state index contributed by atoms with van der Waals surface area (Å²) in [4.78, 5) is 32.7. The lowest BCUT2D eigenvalue weighted by molar-refractivity contribution is -0.124. The van der Waals surface area contributed by atoms with Crippen LogP contribution in [0, 0.1) is 30.0 Å². The van der Waals surface area contributed by atoms with Gasteiger partial charge in [0.2, 0.25) is 5.91 Å². The minimum absolute atomic E-state index is 0.00349. The van der Waals surface area contributed by atoms with Crippen molar-refractivity contribution in [3.05, 3.63) is 59.8 Å². The lowest BCUT2D eigenvalue weighted by Gasteiger charge is -2.55. The summed E-state index contributed by atoms with van der Waals surface area (Å²) in [6.45, 7) is 8.44. The monoisotopic (exact) mass is 628 g/mol. The summed E-state index contributed by atoms with van der Waals surface area (Å²) in [5, 5.41) is 4.43. The van der Waals surface area contributed by atoms with Crippen LogP contribution in [-0.4, -0.2) is 40.1 Å². The molecule has 1 aromatic carbocycles. The molecule has 4 aliphatic carbocycles. The first kappa shape index (κ1) is 32.4. The second-order valence-corrected chi connectivity index (χ2v) is 14.8. The van der Waals surface area contributed by atoms with E-state index in [9.17, 15) is 9.59 Å². The second kappa shape index (κ2) is 12.9. The fourth-order valence-electron chi connectivity index (χ4n) is 8.55. The highest BCUT2D eigenvalue weighted by atomic mass is 19.1. The number of nitrogens with zero attached hydrogens (tertiary/aromatic N) is 4. The van der Waals surface area contributed by atoms with E-state index in [1.54, 1.807) is 26.3 Å². The lowest BCUT2D eigenvalue weighted by atomic mass is 9.51. The van der Waals surface area contributed by atoms with Crippen molar-refractivity contribution in [3.63, 3.8) is 0 Å². The van der Waals surface area contributed by atoms with E-state index in [-0.39, 0.29) is 34.5 Å². The molecule has 4 aliphatic rings. The highest BCUT2D eigenvalue weighted by Gasteiger charge is 2.51. The molecule has 4 fully saturated rings. The Morgan fingerprint density at radius 1 is 1.04 bits per heavy atom. The zero-order chi connectivity index (χ0) is 32.6. The number of benzene rings is 1. The van der Waals surface area contributed by atoms with E-state index in [1.807, 2.05) is 29.6 Å². The number of fused-ring (bicyclic) bond motifs is 3. The van der Waals surface area contributed by atoms with Crippen LogP contribution in [0.4, 0.5) is 10.2 Å². The summed E-state index contributed by atoms with van der Waals surface area (Å²) < 4.78 is 22.6. The smallest absolute Gasteiger partial charge is 0.231 e. The Kier molecular flexibility index (Phi) is 9.10. The number of carbonyl (C=O) groups excluding carboxylic acids is 2. The van der Waals surface area contributed by atoms with Gasteiger partial charge in [-0.15, -0.1) is 0 Å². The molecular formula is C38H49FN4O3. The molecule has 0 aliphatic heterocycles. The zero-order valence-corrected chi connectivity index (χ0v) is 28.2. The van der Waals surface area contributed by atoms with Gasteiger partial charge in [0.15, 0.2) is 0 Å². The third-order valence-corrected chi connectivity index (χ3v) is 11.5. The quantitative estimate of drug-likeness (QED) is 0.225. The Morgan fingerprint density at radius 3 is 2.33 bits per heavy atom. The number of ketones is 1. The molecule has 3 aromatic rings. The number of methoxy groups -OCH3 is 1. The van der Waals surface area contributed by atoms with Crippen molar-refractivity contribution < 1.29 is 18.7 Å². The molecule has 0 spiro atoms. The Balaban J connectivity index is 1.27. The first-order valence-electron chi connectivity index (χ1n) is 17.2. The summed E-state index contributed by atoms with van der Waals surface area (Å²) in [7, 11) is 1.72. The van der Waals surface area contributed by atoms with E-state index in [4.69, 9.17) is 4.74 Å². The molecule has 2 bridgehead atoms. The number of aromatic nitrogens is 3. The van der Waals surface area contributed by atoms with Gasteiger partial charge in [0.25, 0.3) is 0 Å². The lowest BCUT2D eigenvalue weighted by Crippen LogP contribution is -2.52. The van der Waals surface area contributed by atoms with Gasteiger partial charge in [-0.3, -0.25) is 14.4 Å². The largest absolute Gasteiger partial charge is 0.496 e. The molecule has 1 amide bonds. The molecule has 0 radical (unpaired) electrons. The maximum Gasteiger partial charge on any atom is 0.231 e. The molecule has 2 heterocycles. The normalized spacial score (nSPS) is 25.9. The van der Waals surface area contributed by atoms with Crippen LogP contribution in [0.2, 0.25) is 0 Å². The van der Waals surface area contributed by atoms with Crippen molar-refractivity contribution in [2.75, 3.05) is 18.6 Å². The van der Waals surface area contributed by atoms with E-state index in [1.165, 1.54) is 17.3 Å². The fraction of sp³-hybridized carbons (Fsp3) is 0.579. The first-order chi connectivity index (χ1) is 22.0. The fourth-order valence-corrected chi connectivity index (χ4v) is 8.55. The number of aryl methyl sites for hydroxylation is 1. The molecule has 2 aromatic heterocycles. The predicted octanol–water partition coefficient (Wildman–Crippen LogP) is 8.39. The Hall–Kier alpha value is -3.55. The van der Waals surface area contributed by atoms with Crippen LogP contribution >= 0.6 is 0 Å². The van der Waals surface area contributed by atoms with Crippen molar-refractivity contribution in [2.24, 2.45) is 17.3 Å². The number of ether oxygens (including phenoxy) is 1. The van der Waals surface area contributed by atoms with Crippen LogP contribution in [0.15, 0.2) is 42.9 Å². The maximum atomic E-state index is 15.3. The maximum absolute atomic E-state index is 15.3. The number of carbonyl (C=O) groups is 2. The van der Waals surface area contributed by atoms with Crippen LogP contribution in [0.3, 0.4) is 0 Å². The van der Waals surface area contributed by atoms with Gasteiger partial charge in [0, 0.05) is 42.2 Å². The average Bonchev–Trinajstić information content (AvgIpc) is 3.55. The van der Waals surface area contributed by atoms with Gasteiger partial charge in [0.05, 0.1) is 19.5 Å². The molecule has 46 heavy (non-hydrogen) atoms. The van der Waals surface area contributed by atoms with E-state index in [0.29, 0.717) is 35.8 Å². The highest BCUT2D eigenvalue weighted by Crippen LogP contribution is 2.58. The van der Waals surface area contributed by atoms with Crippen molar-refractivity contribution in [1.82, 2.24) is 14.8 Å². The van der Waals surface area contributed by atoms with E-state index < -0.39 is 5.82 Å². The van der Waals surface area contributed by atoms with Gasteiger partial charge in [-0.2, -0.15) is 5.10 Å². The molecule has 7 rings (SSSR count). The summed E-state index contributed by atoms with van der Waals surface area (Å²) in [5.41, 5.74) is 3.84. The number of halogens is 1. The van der Waals surface area contributed by atoms with E-state index >= 15 is 4.39 Å². The van der Waals surface area contributed by atoms with Gasteiger partial charge in [-0.1, -0.05) is 12.1 Å². The predicted molar refractivity (Wildman–Crippen MR) is 178 cm³/mol. The van der Waals surface area contributed by atoms with Crippen molar-refractivity contribution in [3.8, 4) is 16.9 Å². The number of hydrogen-bond acceptors (Lipinski definition) is 5. The number of hydrogen-bond donors (Lipinski definition) is 0. The SMILES string of the molecule is COc1ccc(C23CCC(CN(C(=O)C4CCC(CC(C)=O)CC4)c4cc(-c5cnn(C(C)C)c5)c(F)cn4)(CC2)CC3)cc1C. The Morgan fingerprint density at radius 2 is 1.74 bits per heavy atom. The summed E-state index contributed by atoms with van der Waals surface area (Å²) in [6, 6.07) is 8.56. The van der Waals surface area contributed by atoms with Crippen LogP contribution < -0.4 is 9.64 Å². The van der Waals surface area contributed by atoms with Crippen molar-refractivity contribution in [2.45, 2.75) is 110 Å². The number of pyridine rings is 1. The van der Waals surface area contributed by atoms with Gasteiger partial charge in [-0.05, 0) is 132 Å². The van der Waals surface area contributed by atoms with Crippen LogP contribution in [0.25, 0.3) is 11.1 Å². The summed E-state index contributed by atoms with van der Waals surface area (Å²) in [6.07, 6.45) is 15.1. The molecule has 7 nitrogen and oxygen atoms in total. The first-order valence-corrected chi connectivity index (χ1v) is 17.2.